The van der Waals surface area contributed by atoms with E-state index in [9.17, 15) is 0 Å². The summed E-state index contributed by atoms with van der Waals surface area (Å²) in [5, 5.41) is 4.16. The summed E-state index contributed by atoms with van der Waals surface area (Å²) < 4.78 is 5.87. The molecule has 0 atom stereocenters. The smallest absolute Gasteiger partial charge is 0.248 e. The molecule has 0 bridgehead atoms. The topological polar surface area (TPSA) is 86.0 Å². The summed E-state index contributed by atoms with van der Waals surface area (Å²) in [4.78, 5) is 12.6. The second-order valence-corrected chi connectivity index (χ2v) is 5.17. The number of rotatable bonds is 4. The van der Waals surface area contributed by atoms with Crippen LogP contribution in [-0.2, 0) is 0 Å². The Morgan fingerprint density at radius 1 is 1.09 bits per heavy atom. The maximum Gasteiger partial charge on any atom is 0.248 e. The van der Waals surface area contributed by atoms with Crippen LogP contribution >= 0.6 is 0 Å². The van der Waals surface area contributed by atoms with Gasteiger partial charge in [-0.1, -0.05) is 18.2 Å². The third kappa shape index (κ3) is 2.76. The van der Waals surface area contributed by atoms with E-state index in [1.807, 2.05) is 44.2 Å². The van der Waals surface area contributed by atoms with Gasteiger partial charge >= 0.3 is 0 Å². The lowest BCUT2D eigenvalue weighted by atomic mass is 10.2. The number of nitrogens with zero attached hydrogens (tertiary/aromatic N) is 3. The minimum atomic E-state index is 0.212. The maximum absolute atomic E-state index is 6.09. The molecule has 0 saturated heterocycles. The first-order valence-electron chi connectivity index (χ1n) is 7.04. The molecule has 0 saturated carbocycles. The molecular weight excluding hydrogens is 278 g/mol. The predicted molar refractivity (Wildman–Crippen MR) is 87.0 cm³/mol. The number of nitrogens with two attached hydrogens (primary N) is 1. The van der Waals surface area contributed by atoms with E-state index < -0.39 is 0 Å². The number of fused-ring (bicyclic) bond motifs is 1. The van der Waals surface area contributed by atoms with Crippen LogP contribution in [0.1, 0.15) is 13.8 Å². The number of benzene rings is 1. The Morgan fingerprint density at radius 2 is 1.91 bits per heavy atom. The van der Waals surface area contributed by atoms with Gasteiger partial charge in [0.15, 0.2) is 11.6 Å². The Hall–Kier alpha value is -2.89. The minimum Gasteiger partial charge on any atom is -0.435 e. The van der Waals surface area contributed by atoms with E-state index >= 15 is 0 Å². The molecule has 2 heterocycles. The average molecular weight is 295 g/mol. The fourth-order valence-electron chi connectivity index (χ4n) is 2.11. The second-order valence-electron chi connectivity index (χ2n) is 5.17. The van der Waals surface area contributed by atoms with Crippen molar-refractivity contribution in [2.24, 2.45) is 0 Å². The van der Waals surface area contributed by atoms with Crippen molar-refractivity contribution in [1.29, 1.82) is 0 Å². The first-order chi connectivity index (χ1) is 10.6. The number of nitrogens with one attached hydrogen (secondary N) is 1. The van der Waals surface area contributed by atoms with Crippen LogP contribution in [0.5, 0.6) is 11.6 Å². The molecule has 0 aliphatic heterocycles. The van der Waals surface area contributed by atoms with Crippen molar-refractivity contribution in [3.63, 3.8) is 0 Å². The van der Waals surface area contributed by atoms with Gasteiger partial charge in [0.2, 0.25) is 5.88 Å². The fraction of sp³-hybridized carbons (Fsp3) is 0.188. The van der Waals surface area contributed by atoms with Crippen LogP contribution in [0.25, 0.3) is 10.9 Å². The predicted octanol–water partition coefficient (Wildman–Crippen LogP) is 3.22. The van der Waals surface area contributed by atoms with Crippen molar-refractivity contribution in [1.82, 2.24) is 15.0 Å². The molecule has 0 aliphatic rings. The molecule has 0 radical (unpaired) electrons. The van der Waals surface area contributed by atoms with Gasteiger partial charge in [-0.2, -0.15) is 4.98 Å². The van der Waals surface area contributed by atoms with E-state index in [1.54, 1.807) is 6.20 Å². The summed E-state index contributed by atoms with van der Waals surface area (Å²) in [5.74, 6) is 1.49. The number of pyridine rings is 1. The van der Waals surface area contributed by atoms with Crippen LogP contribution in [0.15, 0.2) is 42.9 Å². The molecule has 1 aromatic carbocycles. The minimum absolute atomic E-state index is 0.212. The normalized spacial score (nSPS) is 10.9. The largest absolute Gasteiger partial charge is 0.435 e. The monoisotopic (exact) mass is 295 g/mol. The first-order valence-corrected chi connectivity index (χ1v) is 7.04. The van der Waals surface area contributed by atoms with E-state index in [0.717, 1.165) is 10.9 Å². The number of hydrogen-bond acceptors (Lipinski definition) is 6. The fourth-order valence-corrected chi connectivity index (χ4v) is 2.11. The van der Waals surface area contributed by atoms with Crippen LogP contribution in [0.3, 0.4) is 0 Å². The van der Waals surface area contributed by atoms with Gasteiger partial charge in [-0.3, -0.25) is 4.98 Å². The zero-order valence-electron chi connectivity index (χ0n) is 12.4. The molecule has 3 N–H and O–H groups in total. The molecule has 0 aliphatic carbocycles. The number of para-hydroxylation sites is 1. The van der Waals surface area contributed by atoms with Crippen LogP contribution in [0.2, 0.25) is 0 Å². The van der Waals surface area contributed by atoms with Crippen molar-refractivity contribution in [3.05, 3.63) is 42.9 Å². The molecule has 2 aromatic heterocycles. The molecule has 3 aromatic rings. The summed E-state index contributed by atoms with van der Waals surface area (Å²) in [7, 11) is 0. The molecule has 3 rings (SSSR count). The zero-order valence-corrected chi connectivity index (χ0v) is 12.4. The Kier molecular flexibility index (Phi) is 3.74. The molecule has 0 unspecified atom stereocenters. The summed E-state index contributed by atoms with van der Waals surface area (Å²) in [6, 6.07) is 9.80. The van der Waals surface area contributed by atoms with E-state index in [4.69, 9.17) is 10.5 Å². The Balaban J connectivity index is 1.99. The van der Waals surface area contributed by atoms with E-state index in [1.165, 1.54) is 6.33 Å². The molecule has 0 amide bonds. The van der Waals surface area contributed by atoms with Gasteiger partial charge in [0.25, 0.3) is 0 Å². The van der Waals surface area contributed by atoms with Gasteiger partial charge in [0.05, 0.1) is 0 Å². The molecular formula is C16H17N5O. The number of anilines is 2. The standard InChI is InChI=1S/C16H17N5O/c1-10(2)21-15-13(17)16(20-9-19-15)22-12-7-3-5-11-6-4-8-18-14(11)12/h3-10H,17H2,1-2H3,(H,19,20,21). The molecule has 22 heavy (non-hydrogen) atoms. The second kappa shape index (κ2) is 5.85. The lowest BCUT2D eigenvalue weighted by Gasteiger charge is -2.14. The molecule has 112 valence electrons. The molecule has 6 nitrogen and oxygen atoms in total. The highest BCUT2D eigenvalue weighted by atomic mass is 16.5. The van der Waals surface area contributed by atoms with E-state index in [2.05, 4.69) is 20.3 Å². The lowest BCUT2D eigenvalue weighted by Crippen LogP contribution is -2.13. The van der Waals surface area contributed by atoms with Crippen molar-refractivity contribution >= 4 is 22.4 Å². The van der Waals surface area contributed by atoms with Gasteiger partial charge in [0.1, 0.15) is 17.5 Å². The van der Waals surface area contributed by atoms with Gasteiger partial charge in [-0.15, -0.1) is 0 Å². The molecule has 0 spiro atoms. The van der Waals surface area contributed by atoms with Gasteiger partial charge in [-0.05, 0) is 26.0 Å². The third-order valence-corrected chi connectivity index (χ3v) is 3.08. The maximum atomic E-state index is 6.09. The van der Waals surface area contributed by atoms with Crippen molar-refractivity contribution in [2.75, 3.05) is 11.1 Å². The summed E-state index contributed by atoms with van der Waals surface area (Å²) in [6.45, 7) is 4.02. The third-order valence-electron chi connectivity index (χ3n) is 3.08. The van der Waals surface area contributed by atoms with Crippen LogP contribution < -0.4 is 15.8 Å². The van der Waals surface area contributed by atoms with Crippen molar-refractivity contribution < 1.29 is 4.74 Å². The molecule has 6 heteroatoms. The van der Waals surface area contributed by atoms with Gasteiger partial charge in [0, 0.05) is 17.6 Å². The quantitative estimate of drug-likeness (QED) is 0.768. The average Bonchev–Trinajstić information content (AvgIpc) is 2.51. The summed E-state index contributed by atoms with van der Waals surface area (Å²) >= 11 is 0. The van der Waals surface area contributed by atoms with E-state index in [0.29, 0.717) is 23.1 Å². The highest BCUT2D eigenvalue weighted by molar-refractivity contribution is 5.84. The number of aromatic nitrogens is 3. The van der Waals surface area contributed by atoms with Crippen molar-refractivity contribution in [2.45, 2.75) is 19.9 Å². The SMILES string of the molecule is CC(C)Nc1ncnc(Oc2cccc3cccnc23)c1N. The van der Waals surface area contributed by atoms with Crippen LogP contribution in [-0.4, -0.2) is 21.0 Å². The summed E-state index contributed by atoms with van der Waals surface area (Å²) in [5.41, 5.74) is 7.23. The lowest BCUT2D eigenvalue weighted by molar-refractivity contribution is 0.468. The number of hydrogen-bond donors (Lipinski definition) is 2. The first kappa shape index (κ1) is 14.1. The Morgan fingerprint density at radius 3 is 2.73 bits per heavy atom. The highest BCUT2D eigenvalue weighted by Gasteiger charge is 2.12. The van der Waals surface area contributed by atoms with Crippen LogP contribution in [0, 0.1) is 0 Å². The van der Waals surface area contributed by atoms with Gasteiger partial charge < -0.3 is 15.8 Å². The van der Waals surface area contributed by atoms with Gasteiger partial charge in [-0.25, -0.2) is 4.98 Å². The van der Waals surface area contributed by atoms with Crippen molar-refractivity contribution in [3.8, 4) is 11.6 Å². The number of nitrogen functional groups attached to an aromatic ring is 1. The Labute approximate surface area is 128 Å². The zero-order chi connectivity index (χ0) is 15.5. The highest BCUT2D eigenvalue weighted by Crippen LogP contribution is 2.32. The van der Waals surface area contributed by atoms with Crippen LogP contribution in [0.4, 0.5) is 11.5 Å². The summed E-state index contributed by atoms with van der Waals surface area (Å²) in [6.07, 6.45) is 3.15. The Bertz CT molecular complexity index is 798. The number of ether oxygens (including phenoxy) is 1. The van der Waals surface area contributed by atoms with E-state index in [-0.39, 0.29) is 6.04 Å². The molecule has 0 fully saturated rings.